The molecule has 0 bridgehead atoms. The second-order valence-electron chi connectivity index (χ2n) is 4.25. The molecule has 0 radical (unpaired) electrons. The highest BCUT2D eigenvalue weighted by Crippen LogP contribution is 2.39. The van der Waals surface area contributed by atoms with Gasteiger partial charge in [0, 0.05) is 22.1 Å². The Balaban J connectivity index is 1.82. The second kappa shape index (κ2) is 3.94. The van der Waals surface area contributed by atoms with Gasteiger partial charge in [-0.1, -0.05) is 0 Å². The van der Waals surface area contributed by atoms with Crippen LogP contribution in [0.2, 0.25) is 0 Å². The van der Waals surface area contributed by atoms with E-state index in [9.17, 15) is 4.79 Å². The lowest BCUT2D eigenvalue weighted by Gasteiger charge is -2.44. The van der Waals surface area contributed by atoms with E-state index in [2.05, 4.69) is 24.5 Å². The third-order valence-electron chi connectivity index (χ3n) is 2.81. The average Bonchev–Trinajstić information content (AvgIpc) is 2.65. The predicted molar refractivity (Wildman–Crippen MR) is 62.7 cm³/mol. The lowest BCUT2D eigenvalue weighted by Crippen LogP contribution is -2.59. The van der Waals surface area contributed by atoms with E-state index >= 15 is 0 Å². The molecule has 2 N–H and O–H groups in total. The van der Waals surface area contributed by atoms with E-state index < -0.39 is 0 Å². The molecule has 2 rings (SSSR count). The van der Waals surface area contributed by atoms with Gasteiger partial charge in [-0.2, -0.15) is 11.8 Å². The van der Waals surface area contributed by atoms with Gasteiger partial charge in [0.1, 0.15) is 0 Å². The highest BCUT2D eigenvalue weighted by molar-refractivity contribution is 8.02. The molecule has 0 aromatic carbocycles. The van der Waals surface area contributed by atoms with E-state index in [1.165, 1.54) is 0 Å². The molecular weight excluding hydrogens is 216 g/mol. The maximum atomic E-state index is 11.7. The summed E-state index contributed by atoms with van der Waals surface area (Å²) in [5.74, 6) is 3.04. The van der Waals surface area contributed by atoms with Crippen LogP contribution in [-0.4, -0.2) is 40.1 Å². The van der Waals surface area contributed by atoms with Crippen molar-refractivity contribution in [3.05, 3.63) is 0 Å². The van der Waals surface area contributed by atoms with Gasteiger partial charge in [0.15, 0.2) is 0 Å². The van der Waals surface area contributed by atoms with Crippen molar-refractivity contribution in [2.24, 2.45) is 0 Å². The molecular formula is C9H16N2OS2. The summed E-state index contributed by atoms with van der Waals surface area (Å²) < 4.78 is 0.224. The Kier molecular flexibility index (Phi) is 3.00. The molecule has 2 atom stereocenters. The predicted octanol–water partition coefficient (Wildman–Crippen LogP) is 0.659. The van der Waals surface area contributed by atoms with Crippen LogP contribution in [-0.2, 0) is 4.79 Å². The van der Waals surface area contributed by atoms with Gasteiger partial charge < -0.3 is 5.32 Å². The fraction of sp³-hybridized carbons (Fsp3) is 0.889. The van der Waals surface area contributed by atoms with Crippen molar-refractivity contribution in [1.29, 1.82) is 0 Å². The van der Waals surface area contributed by atoms with Gasteiger partial charge in [0.25, 0.3) is 0 Å². The van der Waals surface area contributed by atoms with Crippen LogP contribution >= 0.6 is 23.5 Å². The summed E-state index contributed by atoms with van der Waals surface area (Å²) in [7, 11) is 0. The number of nitrogens with one attached hydrogen (secondary N) is 2. The first-order chi connectivity index (χ1) is 6.59. The number of carbonyl (C=O) groups excluding carboxylic acids is 1. The largest absolute Gasteiger partial charge is 0.350 e. The van der Waals surface area contributed by atoms with E-state index in [1.54, 1.807) is 11.8 Å². The van der Waals surface area contributed by atoms with Crippen molar-refractivity contribution in [3.63, 3.8) is 0 Å². The number of amides is 1. The standard InChI is InChI=1S/C9H16N2OS2/c1-9(2)7(4-14-9)11-8(12)6-3-13-5-10-6/h6-7,10H,3-5H2,1-2H3,(H,11,12). The molecule has 2 unspecified atom stereocenters. The van der Waals surface area contributed by atoms with Crippen molar-refractivity contribution in [3.8, 4) is 0 Å². The van der Waals surface area contributed by atoms with Gasteiger partial charge in [-0.05, 0) is 13.8 Å². The summed E-state index contributed by atoms with van der Waals surface area (Å²) in [4.78, 5) is 11.7. The molecule has 5 heteroatoms. The van der Waals surface area contributed by atoms with Crippen molar-refractivity contribution in [2.45, 2.75) is 30.7 Å². The number of hydrogen-bond acceptors (Lipinski definition) is 4. The van der Waals surface area contributed by atoms with E-state index in [0.29, 0.717) is 6.04 Å². The van der Waals surface area contributed by atoms with Gasteiger partial charge in [-0.15, -0.1) is 11.8 Å². The van der Waals surface area contributed by atoms with Crippen LogP contribution in [0, 0.1) is 0 Å². The molecule has 0 saturated carbocycles. The molecule has 2 saturated heterocycles. The summed E-state index contributed by atoms with van der Waals surface area (Å²) in [5.41, 5.74) is 0. The van der Waals surface area contributed by atoms with Gasteiger partial charge in [0.2, 0.25) is 5.91 Å². The zero-order chi connectivity index (χ0) is 10.2. The molecule has 0 aromatic rings. The van der Waals surface area contributed by atoms with Crippen LogP contribution in [0.25, 0.3) is 0 Å². The Labute approximate surface area is 93.2 Å². The first kappa shape index (κ1) is 10.6. The Bertz CT molecular complexity index is 239. The molecule has 0 aromatic heterocycles. The Morgan fingerprint density at radius 1 is 1.50 bits per heavy atom. The van der Waals surface area contributed by atoms with Crippen LogP contribution in [0.3, 0.4) is 0 Å². The molecule has 0 spiro atoms. The quantitative estimate of drug-likeness (QED) is 0.734. The van der Waals surface area contributed by atoms with Crippen LogP contribution in [0.5, 0.6) is 0 Å². The minimum Gasteiger partial charge on any atom is -0.350 e. The van der Waals surface area contributed by atoms with Crippen LogP contribution in [0.15, 0.2) is 0 Å². The topological polar surface area (TPSA) is 41.1 Å². The smallest absolute Gasteiger partial charge is 0.238 e. The van der Waals surface area contributed by atoms with Gasteiger partial charge in [-0.25, -0.2) is 0 Å². The normalized spacial score (nSPS) is 35.0. The van der Waals surface area contributed by atoms with Gasteiger partial charge in [-0.3, -0.25) is 10.1 Å². The lowest BCUT2D eigenvalue weighted by atomic mass is 10.0. The summed E-state index contributed by atoms with van der Waals surface area (Å²) >= 11 is 3.70. The monoisotopic (exact) mass is 232 g/mol. The SMILES string of the molecule is CC1(C)SCC1NC(=O)C1CSCN1. The fourth-order valence-electron chi connectivity index (χ4n) is 1.55. The Morgan fingerprint density at radius 3 is 2.71 bits per heavy atom. The first-order valence-electron chi connectivity index (χ1n) is 4.85. The summed E-state index contributed by atoms with van der Waals surface area (Å²) in [6, 6.07) is 0.383. The third-order valence-corrected chi connectivity index (χ3v) is 5.28. The average molecular weight is 232 g/mol. The number of rotatable bonds is 2. The van der Waals surface area contributed by atoms with Crippen molar-refractivity contribution in [1.82, 2.24) is 10.6 Å². The van der Waals surface area contributed by atoms with E-state index in [1.807, 2.05) is 11.8 Å². The first-order valence-corrected chi connectivity index (χ1v) is 6.99. The zero-order valence-electron chi connectivity index (χ0n) is 8.50. The molecule has 3 nitrogen and oxygen atoms in total. The number of carbonyl (C=O) groups is 1. The molecule has 2 heterocycles. The molecule has 0 aliphatic carbocycles. The van der Waals surface area contributed by atoms with Crippen LogP contribution in [0.1, 0.15) is 13.8 Å². The Hall–Kier alpha value is 0.130. The minimum absolute atomic E-state index is 0.0291. The summed E-state index contributed by atoms with van der Waals surface area (Å²) in [6.45, 7) is 4.37. The summed E-state index contributed by atoms with van der Waals surface area (Å²) in [6.07, 6.45) is 0. The van der Waals surface area contributed by atoms with Crippen molar-refractivity contribution < 1.29 is 4.79 Å². The minimum atomic E-state index is 0.0291. The zero-order valence-corrected chi connectivity index (χ0v) is 10.1. The number of hydrogen-bond donors (Lipinski definition) is 2. The molecule has 80 valence electrons. The molecule has 2 aliphatic heterocycles. The molecule has 2 fully saturated rings. The van der Waals surface area contributed by atoms with Crippen molar-refractivity contribution >= 4 is 29.4 Å². The van der Waals surface area contributed by atoms with E-state index in [-0.39, 0.29) is 16.7 Å². The molecule has 14 heavy (non-hydrogen) atoms. The van der Waals surface area contributed by atoms with Gasteiger partial charge >= 0.3 is 0 Å². The maximum absolute atomic E-state index is 11.7. The highest BCUT2D eigenvalue weighted by atomic mass is 32.2. The fourth-order valence-corrected chi connectivity index (χ4v) is 3.64. The van der Waals surface area contributed by atoms with Gasteiger partial charge in [0.05, 0.1) is 12.1 Å². The second-order valence-corrected chi connectivity index (χ2v) is 6.95. The molecule has 1 amide bonds. The maximum Gasteiger partial charge on any atom is 0.238 e. The van der Waals surface area contributed by atoms with E-state index in [4.69, 9.17) is 0 Å². The Morgan fingerprint density at radius 2 is 2.29 bits per heavy atom. The summed E-state index contributed by atoms with van der Waals surface area (Å²) in [5, 5.41) is 6.29. The highest BCUT2D eigenvalue weighted by Gasteiger charge is 2.41. The number of thioether (sulfide) groups is 2. The van der Waals surface area contributed by atoms with Crippen LogP contribution < -0.4 is 10.6 Å². The van der Waals surface area contributed by atoms with E-state index in [0.717, 1.165) is 17.4 Å². The molecule has 2 aliphatic rings. The van der Waals surface area contributed by atoms with Crippen LogP contribution in [0.4, 0.5) is 0 Å². The van der Waals surface area contributed by atoms with Crippen molar-refractivity contribution in [2.75, 3.05) is 17.4 Å². The third kappa shape index (κ3) is 2.04. The lowest BCUT2D eigenvalue weighted by molar-refractivity contribution is -0.123.